The fraction of sp³-hybridized carbons (Fsp3) is 0.429. The second-order valence-corrected chi connectivity index (χ2v) is 7.96. The topological polar surface area (TPSA) is 77.5 Å². The lowest BCUT2D eigenvalue weighted by Gasteiger charge is -2.22. The fourth-order valence-corrected chi connectivity index (χ4v) is 4.81. The molecule has 1 aliphatic rings. The number of rotatable bonds is 4. The number of hydrogen-bond acceptors (Lipinski definition) is 5. The van der Waals surface area contributed by atoms with Crippen molar-refractivity contribution in [1.82, 2.24) is 0 Å². The third kappa shape index (κ3) is 3.71. The Kier molecular flexibility index (Phi) is 4.83. The number of hydrogen-bond donors (Lipinski definition) is 0. The summed E-state index contributed by atoms with van der Waals surface area (Å²) in [7, 11) is -3.85. The van der Waals surface area contributed by atoms with E-state index in [2.05, 4.69) is 15.9 Å². The molecular weight excluding hydrogens is 360 g/mol. The lowest BCUT2D eigenvalue weighted by molar-refractivity contribution is -0.144. The monoisotopic (exact) mass is 374 g/mol. The normalized spacial score (nSPS) is 20.3. The maximum absolute atomic E-state index is 12.7. The van der Waals surface area contributed by atoms with Crippen molar-refractivity contribution >= 4 is 37.5 Å². The molecule has 2 rings (SSSR count). The minimum atomic E-state index is -3.85. The van der Waals surface area contributed by atoms with Gasteiger partial charge in [0.05, 0.1) is 4.90 Å². The van der Waals surface area contributed by atoms with E-state index in [1.54, 1.807) is 12.1 Å². The number of benzene rings is 1. The molecule has 0 spiro atoms. The molecular formula is C14H15BrO5S. The van der Waals surface area contributed by atoms with Crippen molar-refractivity contribution in [3.05, 3.63) is 28.7 Å². The molecule has 1 fully saturated rings. The highest BCUT2D eigenvalue weighted by Crippen LogP contribution is 2.33. The first-order valence-corrected chi connectivity index (χ1v) is 8.83. The molecule has 0 aromatic heterocycles. The average molecular weight is 375 g/mol. The predicted molar refractivity (Wildman–Crippen MR) is 79.2 cm³/mol. The van der Waals surface area contributed by atoms with Crippen molar-refractivity contribution in [2.45, 2.75) is 36.5 Å². The van der Waals surface area contributed by atoms with E-state index in [0.29, 0.717) is 17.3 Å². The molecule has 0 amide bonds. The van der Waals surface area contributed by atoms with Gasteiger partial charge in [0.25, 0.3) is 0 Å². The Morgan fingerprint density at radius 2 is 2.14 bits per heavy atom. The van der Waals surface area contributed by atoms with Gasteiger partial charge in [-0.1, -0.05) is 22.0 Å². The van der Waals surface area contributed by atoms with Crippen LogP contribution in [0.5, 0.6) is 0 Å². The zero-order valence-corrected chi connectivity index (χ0v) is 13.8. The molecule has 2 unspecified atom stereocenters. The standard InChI is InChI=1S/C14H15BrO5S/c1-9(16)20-14(10-5-6-12(17)7-10)21(18,19)13-4-2-3-11(15)8-13/h2-4,8,10,14H,5-7H2,1H3. The Labute approximate surface area is 131 Å². The van der Waals surface area contributed by atoms with Crippen LogP contribution in [-0.4, -0.2) is 25.6 Å². The van der Waals surface area contributed by atoms with E-state index in [9.17, 15) is 18.0 Å². The fourth-order valence-electron chi connectivity index (χ4n) is 2.43. The average Bonchev–Trinajstić information content (AvgIpc) is 2.82. The number of sulfone groups is 1. The van der Waals surface area contributed by atoms with Crippen LogP contribution < -0.4 is 0 Å². The predicted octanol–water partition coefficient (Wildman–Crippen LogP) is 2.48. The maximum Gasteiger partial charge on any atom is 0.303 e. The lowest BCUT2D eigenvalue weighted by Crippen LogP contribution is -2.33. The van der Waals surface area contributed by atoms with E-state index < -0.39 is 27.2 Å². The van der Waals surface area contributed by atoms with Gasteiger partial charge < -0.3 is 4.74 Å². The Hall–Kier alpha value is -1.21. The van der Waals surface area contributed by atoms with Gasteiger partial charge in [-0.05, 0) is 24.6 Å². The number of ketones is 1. The van der Waals surface area contributed by atoms with Gasteiger partial charge in [0.1, 0.15) is 5.78 Å². The summed E-state index contributed by atoms with van der Waals surface area (Å²) >= 11 is 3.22. The third-order valence-corrected chi connectivity index (χ3v) is 5.88. The molecule has 114 valence electrons. The highest BCUT2D eigenvalue weighted by atomic mass is 79.9. The molecule has 0 saturated heterocycles. The summed E-state index contributed by atoms with van der Waals surface area (Å²) < 4.78 is 31.1. The number of ether oxygens (including phenoxy) is 1. The molecule has 1 aliphatic carbocycles. The molecule has 7 heteroatoms. The van der Waals surface area contributed by atoms with Gasteiger partial charge in [-0.15, -0.1) is 0 Å². The van der Waals surface area contributed by atoms with Gasteiger partial charge >= 0.3 is 5.97 Å². The first-order valence-electron chi connectivity index (χ1n) is 6.49. The van der Waals surface area contributed by atoms with Crippen LogP contribution in [0.1, 0.15) is 26.2 Å². The third-order valence-electron chi connectivity index (χ3n) is 3.38. The number of Topliss-reactive ketones (excluding diaryl/α,β-unsaturated/α-hetero) is 1. The van der Waals surface area contributed by atoms with Gasteiger partial charge in [0.15, 0.2) is 0 Å². The van der Waals surface area contributed by atoms with Gasteiger partial charge in [0.2, 0.25) is 15.3 Å². The summed E-state index contributed by atoms with van der Waals surface area (Å²) in [4.78, 5) is 22.7. The molecule has 5 nitrogen and oxygen atoms in total. The van der Waals surface area contributed by atoms with Crippen LogP contribution >= 0.6 is 15.9 Å². The molecule has 2 atom stereocenters. The summed E-state index contributed by atoms with van der Waals surface area (Å²) in [5.41, 5.74) is -1.31. The van der Waals surface area contributed by atoms with Gasteiger partial charge in [-0.3, -0.25) is 9.59 Å². The van der Waals surface area contributed by atoms with E-state index in [1.807, 2.05) is 0 Å². The number of esters is 1. The minimum Gasteiger partial charge on any atom is -0.445 e. The molecule has 21 heavy (non-hydrogen) atoms. The summed E-state index contributed by atoms with van der Waals surface area (Å²) in [6.07, 6.45) is 0.881. The smallest absolute Gasteiger partial charge is 0.303 e. The van der Waals surface area contributed by atoms with Crippen LogP contribution in [0.15, 0.2) is 33.6 Å². The second kappa shape index (κ2) is 6.27. The molecule has 1 aromatic rings. The summed E-state index contributed by atoms with van der Waals surface area (Å²) in [6.45, 7) is 1.17. The van der Waals surface area contributed by atoms with E-state index in [-0.39, 0.29) is 17.1 Å². The van der Waals surface area contributed by atoms with E-state index in [1.165, 1.54) is 19.1 Å². The van der Waals surface area contributed by atoms with Crippen LogP contribution in [0.25, 0.3) is 0 Å². The lowest BCUT2D eigenvalue weighted by atomic mass is 10.1. The van der Waals surface area contributed by atoms with Crippen LogP contribution in [0, 0.1) is 5.92 Å². The molecule has 0 aliphatic heterocycles. The van der Waals surface area contributed by atoms with Crippen LogP contribution in [0.4, 0.5) is 0 Å². The van der Waals surface area contributed by atoms with Crippen LogP contribution in [-0.2, 0) is 24.2 Å². The molecule has 1 saturated carbocycles. The number of halogens is 1. The van der Waals surface area contributed by atoms with Crippen molar-refractivity contribution in [1.29, 1.82) is 0 Å². The molecule has 1 aromatic carbocycles. The summed E-state index contributed by atoms with van der Waals surface area (Å²) in [5, 5.41) is 0. The van der Waals surface area contributed by atoms with Crippen molar-refractivity contribution in [2.75, 3.05) is 0 Å². The molecule has 0 N–H and O–H groups in total. The van der Waals surface area contributed by atoms with Crippen LogP contribution in [0.3, 0.4) is 0 Å². The Bertz CT molecular complexity index is 668. The maximum atomic E-state index is 12.7. The SMILES string of the molecule is CC(=O)OC(C1CCC(=O)C1)S(=O)(=O)c1cccc(Br)c1. The zero-order chi connectivity index (χ0) is 15.6. The van der Waals surface area contributed by atoms with Crippen LogP contribution in [0.2, 0.25) is 0 Å². The van der Waals surface area contributed by atoms with Gasteiger partial charge in [0, 0.05) is 30.2 Å². The highest BCUT2D eigenvalue weighted by molar-refractivity contribution is 9.10. The first-order chi connectivity index (χ1) is 9.80. The molecule has 0 heterocycles. The number of carbonyl (C=O) groups excluding carboxylic acids is 2. The Morgan fingerprint density at radius 3 is 2.67 bits per heavy atom. The minimum absolute atomic E-state index is 0.00148. The summed E-state index contributed by atoms with van der Waals surface area (Å²) in [6, 6.07) is 6.22. The van der Waals surface area contributed by atoms with E-state index >= 15 is 0 Å². The zero-order valence-electron chi connectivity index (χ0n) is 11.4. The quantitative estimate of drug-likeness (QED) is 0.756. The largest absolute Gasteiger partial charge is 0.445 e. The van der Waals surface area contributed by atoms with Crippen molar-refractivity contribution in [3.8, 4) is 0 Å². The first kappa shape index (κ1) is 16.2. The van der Waals surface area contributed by atoms with Gasteiger partial charge in [-0.2, -0.15) is 0 Å². The van der Waals surface area contributed by atoms with Gasteiger partial charge in [-0.25, -0.2) is 8.42 Å². The van der Waals surface area contributed by atoms with Crippen molar-refractivity contribution in [3.63, 3.8) is 0 Å². The molecule has 0 bridgehead atoms. The highest BCUT2D eigenvalue weighted by Gasteiger charge is 2.41. The van der Waals surface area contributed by atoms with E-state index in [4.69, 9.17) is 4.74 Å². The van der Waals surface area contributed by atoms with Crippen molar-refractivity contribution < 1.29 is 22.7 Å². The second-order valence-electron chi connectivity index (χ2n) is 5.02. The molecule has 0 radical (unpaired) electrons. The van der Waals surface area contributed by atoms with E-state index in [0.717, 1.165) is 0 Å². The number of carbonyl (C=O) groups is 2. The van der Waals surface area contributed by atoms with Crippen molar-refractivity contribution in [2.24, 2.45) is 5.92 Å². The Morgan fingerprint density at radius 1 is 1.43 bits per heavy atom. The Balaban J connectivity index is 2.39. The summed E-state index contributed by atoms with van der Waals surface area (Å²) in [5.74, 6) is -1.15.